The molecule has 0 spiro atoms. The summed E-state index contributed by atoms with van der Waals surface area (Å²) in [7, 11) is 0. The van der Waals surface area contributed by atoms with E-state index >= 15 is 0 Å². The van der Waals surface area contributed by atoms with Crippen LogP contribution in [0.3, 0.4) is 0 Å². The fraction of sp³-hybridized carbons (Fsp3) is 0.793. The maximum absolute atomic E-state index is 12.4. The van der Waals surface area contributed by atoms with Crippen molar-refractivity contribution in [3.8, 4) is 0 Å². The molecule has 0 aromatic heterocycles. The first-order valence-electron chi connectivity index (χ1n) is 27.6. The largest absolute Gasteiger partial charge is 0.466 e. The molecular formula is C58H105NO5. The summed E-state index contributed by atoms with van der Waals surface area (Å²) >= 11 is 0. The monoisotopic (exact) mass is 896 g/mol. The molecule has 0 aromatic carbocycles. The summed E-state index contributed by atoms with van der Waals surface area (Å²) in [5, 5.41) is 23.1. The maximum Gasteiger partial charge on any atom is 0.305 e. The highest BCUT2D eigenvalue weighted by atomic mass is 16.5. The Bertz CT molecular complexity index is 1130. The number of nitrogens with one attached hydrogen (secondary N) is 1. The Kier molecular flexibility index (Phi) is 51.2. The van der Waals surface area contributed by atoms with Gasteiger partial charge < -0.3 is 20.3 Å². The number of rotatable bonds is 50. The molecule has 0 bridgehead atoms. The van der Waals surface area contributed by atoms with E-state index < -0.39 is 12.1 Å². The molecule has 0 heterocycles. The van der Waals surface area contributed by atoms with E-state index in [2.05, 4.69) is 67.8 Å². The third-order valence-electron chi connectivity index (χ3n) is 12.2. The zero-order chi connectivity index (χ0) is 46.5. The van der Waals surface area contributed by atoms with Gasteiger partial charge >= 0.3 is 5.97 Å². The Morgan fingerprint density at radius 3 is 1.25 bits per heavy atom. The van der Waals surface area contributed by atoms with Gasteiger partial charge in [0.25, 0.3) is 0 Å². The lowest BCUT2D eigenvalue weighted by molar-refractivity contribution is -0.143. The van der Waals surface area contributed by atoms with Gasteiger partial charge in [-0.3, -0.25) is 9.59 Å². The summed E-state index contributed by atoms with van der Waals surface area (Å²) < 4.78 is 5.43. The summed E-state index contributed by atoms with van der Waals surface area (Å²) in [6.45, 7) is 4.78. The first-order valence-corrected chi connectivity index (χ1v) is 27.6. The molecule has 0 saturated heterocycles. The average Bonchev–Trinajstić information content (AvgIpc) is 3.29. The second-order valence-electron chi connectivity index (χ2n) is 18.5. The number of aliphatic hydroxyl groups excluding tert-OH is 2. The van der Waals surface area contributed by atoms with E-state index in [9.17, 15) is 19.8 Å². The van der Waals surface area contributed by atoms with Crippen molar-refractivity contribution in [1.29, 1.82) is 0 Å². The standard InChI is InChI=1S/C58H105NO5/c1-3-5-7-9-11-13-15-17-18-20-23-27-30-34-38-42-46-50-56(61)55(54-60)59-57(62)51-47-43-39-35-31-28-24-21-19-22-25-29-33-37-41-45-49-53-64-58(63)52-48-44-40-36-32-26-16-14-12-10-8-6-4-2/h8,10,14,16,19,22,29,33,46,50,55-56,60-61H,3-7,9,11-13,15,17-18,20-21,23-28,30-32,34-45,47-49,51-54H2,1-2H3,(H,59,62)/b10-8-,16-14-,22-19-,33-29-,50-46+. The second kappa shape index (κ2) is 53.2. The van der Waals surface area contributed by atoms with Gasteiger partial charge in [-0.1, -0.05) is 222 Å². The number of allylic oxidation sites excluding steroid dienone is 9. The van der Waals surface area contributed by atoms with Crippen molar-refractivity contribution in [3.63, 3.8) is 0 Å². The third-order valence-corrected chi connectivity index (χ3v) is 12.2. The molecule has 372 valence electrons. The van der Waals surface area contributed by atoms with Crippen LogP contribution in [0.25, 0.3) is 0 Å². The molecule has 0 aliphatic carbocycles. The van der Waals surface area contributed by atoms with E-state index in [0.29, 0.717) is 19.4 Å². The highest BCUT2D eigenvalue weighted by molar-refractivity contribution is 5.76. The molecule has 0 aliphatic heterocycles. The molecule has 0 rings (SSSR count). The molecule has 2 atom stereocenters. The summed E-state index contributed by atoms with van der Waals surface area (Å²) in [6, 6.07) is -0.642. The van der Waals surface area contributed by atoms with Crippen LogP contribution < -0.4 is 5.32 Å². The zero-order valence-electron chi connectivity index (χ0n) is 42.2. The molecule has 6 nitrogen and oxygen atoms in total. The highest BCUT2D eigenvalue weighted by Gasteiger charge is 2.18. The minimum absolute atomic E-state index is 0.0327. The first kappa shape index (κ1) is 61.6. The predicted octanol–water partition coefficient (Wildman–Crippen LogP) is 16.8. The van der Waals surface area contributed by atoms with E-state index in [1.807, 2.05) is 6.08 Å². The summed E-state index contributed by atoms with van der Waals surface area (Å²) in [5.41, 5.74) is 0. The molecule has 0 aliphatic rings. The van der Waals surface area contributed by atoms with Crippen LogP contribution in [0.4, 0.5) is 0 Å². The molecular weight excluding hydrogens is 791 g/mol. The van der Waals surface area contributed by atoms with E-state index in [1.165, 1.54) is 148 Å². The molecule has 64 heavy (non-hydrogen) atoms. The number of unbranched alkanes of at least 4 members (excludes halogenated alkanes) is 31. The topological polar surface area (TPSA) is 95.9 Å². The Morgan fingerprint density at radius 1 is 0.438 bits per heavy atom. The summed E-state index contributed by atoms with van der Waals surface area (Å²) in [6.07, 6.45) is 68.0. The van der Waals surface area contributed by atoms with Gasteiger partial charge in [-0.05, 0) is 96.3 Å². The molecule has 0 fully saturated rings. The number of esters is 1. The lowest BCUT2D eigenvalue weighted by atomic mass is 10.0. The maximum atomic E-state index is 12.4. The van der Waals surface area contributed by atoms with Crippen LogP contribution >= 0.6 is 0 Å². The number of hydrogen-bond donors (Lipinski definition) is 3. The van der Waals surface area contributed by atoms with Crippen molar-refractivity contribution in [1.82, 2.24) is 5.32 Å². The van der Waals surface area contributed by atoms with Crippen LogP contribution in [-0.4, -0.2) is 47.4 Å². The number of carbonyl (C=O) groups is 2. The quantitative estimate of drug-likeness (QED) is 0.0321. The van der Waals surface area contributed by atoms with E-state index in [4.69, 9.17) is 4.74 Å². The second-order valence-corrected chi connectivity index (χ2v) is 18.5. The van der Waals surface area contributed by atoms with Crippen molar-refractivity contribution in [3.05, 3.63) is 60.8 Å². The molecule has 0 radical (unpaired) electrons. The van der Waals surface area contributed by atoms with Gasteiger partial charge in [0, 0.05) is 12.8 Å². The molecule has 2 unspecified atom stereocenters. The SMILES string of the molecule is CCC/C=C\C/C=C\CCCCCCCC(=O)OCCCCC/C=C\C/C=C\CCCCCCCCCC(=O)NC(CO)C(O)/C=C/CCCCCCCCCCCCCCCCC. The normalized spacial score (nSPS) is 13.1. The Hall–Kier alpha value is -2.44. The van der Waals surface area contributed by atoms with Crippen LogP contribution in [0.15, 0.2) is 60.8 Å². The molecule has 0 aromatic rings. The number of carbonyl (C=O) groups excluding carboxylic acids is 2. The van der Waals surface area contributed by atoms with E-state index in [1.54, 1.807) is 6.08 Å². The van der Waals surface area contributed by atoms with Crippen molar-refractivity contribution in [2.24, 2.45) is 0 Å². The van der Waals surface area contributed by atoms with Gasteiger partial charge in [0.2, 0.25) is 5.91 Å². The Labute approximate surface area is 397 Å². The molecule has 3 N–H and O–H groups in total. The third kappa shape index (κ3) is 49.0. The van der Waals surface area contributed by atoms with Crippen LogP contribution in [0, 0.1) is 0 Å². The van der Waals surface area contributed by atoms with Crippen LogP contribution in [-0.2, 0) is 14.3 Å². The smallest absolute Gasteiger partial charge is 0.305 e. The molecule has 6 heteroatoms. The van der Waals surface area contributed by atoms with E-state index in [-0.39, 0.29) is 18.5 Å². The predicted molar refractivity (Wildman–Crippen MR) is 278 cm³/mol. The zero-order valence-corrected chi connectivity index (χ0v) is 42.2. The van der Waals surface area contributed by atoms with Gasteiger partial charge in [0.1, 0.15) is 0 Å². The van der Waals surface area contributed by atoms with Crippen molar-refractivity contribution < 1.29 is 24.5 Å². The lowest BCUT2D eigenvalue weighted by Gasteiger charge is -2.20. The highest BCUT2D eigenvalue weighted by Crippen LogP contribution is 2.15. The Morgan fingerprint density at radius 2 is 0.812 bits per heavy atom. The van der Waals surface area contributed by atoms with E-state index in [0.717, 1.165) is 96.3 Å². The van der Waals surface area contributed by atoms with Gasteiger partial charge in [-0.25, -0.2) is 0 Å². The average molecular weight is 896 g/mol. The fourth-order valence-electron chi connectivity index (χ4n) is 7.99. The number of ether oxygens (including phenoxy) is 1. The number of amides is 1. The fourth-order valence-corrected chi connectivity index (χ4v) is 7.99. The molecule has 0 saturated carbocycles. The lowest BCUT2D eigenvalue weighted by Crippen LogP contribution is -2.45. The van der Waals surface area contributed by atoms with Crippen molar-refractivity contribution in [2.75, 3.05) is 13.2 Å². The Balaban J connectivity index is 3.56. The first-order chi connectivity index (χ1) is 31.5. The summed E-state index contributed by atoms with van der Waals surface area (Å²) in [5.74, 6) is -0.118. The number of hydrogen-bond acceptors (Lipinski definition) is 5. The van der Waals surface area contributed by atoms with Crippen LogP contribution in [0.2, 0.25) is 0 Å². The minimum atomic E-state index is -0.857. The summed E-state index contributed by atoms with van der Waals surface area (Å²) in [4.78, 5) is 24.4. The van der Waals surface area contributed by atoms with Crippen LogP contribution in [0.5, 0.6) is 0 Å². The molecule has 1 amide bonds. The number of aliphatic hydroxyl groups is 2. The van der Waals surface area contributed by atoms with Gasteiger partial charge in [-0.15, -0.1) is 0 Å². The minimum Gasteiger partial charge on any atom is -0.466 e. The van der Waals surface area contributed by atoms with Crippen LogP contribution in [0.1, 0.15) is 271 Å². The van der Waals surface area contributed by atoms with Gasteiger partial charge in [-0.2, -0.15) is 0 Å². The van der Waals surface area contributed by atoms with Gasteiger partial charge in [0.15, 0.2) is 0 Å². The van der Waals surface area contributed by atoms with Crippen molar-refractivity contribution >= 4 is 11.9 Å². The van der Waals surface area contributed by atoms with Crippen molar-refractivity contribution in [2.45, 2.75) is 283 Å². The van der Waals surface area contributed by atoms with Gasteiger partial charge in [0.05, 0.1) is 25.4 Å².